The Hall–Kier alpha value is -1.59. The van der Waals surface area contributed by atoms with Gasteiger partial charge in [0, 0.05) is 19.4 Å². The maximum absolute atomic E-state index is 12.6. The van der Waals surface area contributed by atoms with Gasteiger partial charge in [-0.15, -0.1) is 0 Å². The molecule has 0 radical (unpaired) electrons. The fourth-order valence-electron chi connectivity index (χ4n) is 1.97. The smallest absolute Gasteiger partial charge is 0.267 e. The number of rotatable bonds is 3. The highest BCUT2D eigenvalue weighted by atomic mass is 35.5. The summed E-state index contributed by atoms with van der Waals surface area (Å²) in [7, 11) is -2.21. The van der Waals surface area contributed by atoms with Crippen molar-refractivity contribution in [3.8, 4) is 0 Å². The first-order valence-corrected chi connectivity index (χ1v) is 7.81. The maximum Gasteiger partial charge on any atom is 0.267 e. The molecule has 2 aromatic rings. The molecule has 1 aromatic heterocycles. The number of sulfonamides is 1. The Labute approximate surface area is 124 Å². The first-order valence-electron chi connectivity index (χ1n) is 5.99. The van der Waals surface area contributed by atoms with E-state index in [-0.39, 0.29) is 9.92 Å². The maximum atomic E-state index is 12.6. The zero-order valence-electron chi connectivity index (χ0n) is 11.5. The Kier molecular flexibility index (Phi) is 4.01. The third kappa shape index (κ3) is 2.78. The lowest BCUT2D eigenvalue weighted by Gasteiger charge is -2.20. The summed E-state index contributed by atoms with van der Waals surface area (Å²) >= 11 is 5.96. The molecule has 0 fully saturated rings. The van der Waals surface area contributed by atoms with Crippen LogP contribution in [0, 0.1) is 13.8 Å². The van der Waals surface area contributed by atoms with Gasteiger partial charge in [-0.25, -0.2) is 8.42 Å². The number of aromatic nitrogens is 1. The van der Waals surface area contributed by atoms with Crippen LogP contribution >= 0.6 is 11.6 Å². The van der Waals surface area contributed by atoms with Gasteiger partial charge in [-0.3, -0.25) is 9.29 Å². The van der Waals surface area contributed by atoms with E-state index in [9.17, 15) is 8.42 Å². The van der Waals surface area contributed by atoms with E-state index in [1.54, 1.807) is 0 Å². The molecule has 1 aromatic carbocycles. The Morgan fingerprint density at radius 2 is 1.75 bits per heavy atom. The minimum atomic E-state index is -3.72. The first kappa shape index (κ1) is 14.8. The van der Waals surface area contributed by atoms with Crippen LogP contribution in [0.4, 0.5) is 5.69 Å². The van der Waals surface area contributed by atoms with E-state index in [0.717, 1.165) is 11.1 Å². The summed E-state index contributed by atoms with van der Waals surface area (Å²) in [5.41, 5.74) is 2.60. The van der Waals surface area contributed by atoms with Gasteiger partial charge in [-0.1, -0.05) is 17.7 Å². The minimum absolute atomic E-state index is 0.00308. The van der Waals surface area contributed by atoms with Crippen LogP contribution in [-0.2, 0) is 10.0 Å². The van der Waals surface area contributed by atoms with Crippen molar-refractivity contribution in [1.29, 1.82) is 0 Å². The zero-order valence-corrected chi connectivity index (χ0v) is 13.0. The van der Waals surface area contributed by atoms with Gasteiger partial charge < -0.3 is 0 Å². The summed E-state index contributed by atoms with van der Waals surface area (Å²) in [4.78, 5) is 3.84. The summed E-state index contributed by atoms with van der Waals surface area (Å²) in [6.45, 7) is 3.85. The van der Waals surface area contributed by atoms with Crippen LogP contribution in [0.15, 0.2) is 41.6 Å². The van der Waals surface area contributed by atoms with Crippen LogP contribution in [0.5, 0.6) is 0 Å². The summed E-state index contributed by atoms with van der Waals surface area (Å²) < 4.78 is 26.4. The average Bonchev–Trinajstić information content (AvgIpc) is 2.37. The monoisotopic (exact) mass is 310 g/mol. The first-order chi connectivity index (χ1) is 9.32. The third-order valence-electron chi connectivity index (χ3n) is 2.94. The Morgan fingerprint density at radius 1 is 1.15 bits per heavy atom. The number of aryl methyl sites for hydroxylation is 2. The average molecular weight is 311 g/mol. The molecule has 106 valence electrons. The van der Waals surface area contributed by atoms with Gasteiger partial charge in [-0.2, -0.15) is 0 Å². The molecule has 0 bridgehead atoms. The number of hydrogen-bond donors (Lipinski definition) is 0. The molecule has 2 rings (SSSR count). The normalized spacial score (nSPS) is 11.4. The summed E-state index contributed by atoms with van der Waals surface area (Å²) in [6, 6.07) is 7.08. The number of pyridine rings is 1. The van der Waals surface area contributed by atoms with Gasteiger partial charge in [0.05, 0.1) is 10.7 Å². The second-order valence-corrected chi connectivity index (χ2v) is 6.97. The van der Waals surface area contributed by atoms with E-state index in [1.165, 1.54) is 29.8 Å². The van der Waals surface area contributed by atoms with Crippen molar-refractivity contribution in [2.45, 2.75) is 18.7 Å². The lowest BCUT2D eigenvalue weighted by atomic mass is 10.1. The molecular weight excluding hydrogens is 296 g/mol. The number of nitrogens with zero attached hydrogens (tertiary/aromatic N) is 2. The van der Waals surface area contributed by atoms with Crippen molar-refractivity contribution in [1.82, 2.24) is 4.98 Å². The standard InChI is InChI=1S/C14H15ClN2O2S/c1-10-6-11(2)8-12(7-10)17(3)20(18,19)14-9-16-5-4-13(14)15/h4-9H,1-3H3. The molecule has 0 N–H and O–H groups in total. The van der Waals surface area contributed by atoms with Gasteiger partial charge in [0.1, 0.15) is 4.90 Å². The van der Waals surface area contributed by atoms with Crippen molar-refractivity contribution in [2.75, 3.05) is 11.4 Å². The van der Waals surface area contributed by atoms with E-state index in [2.05, 4.69) is 4.98 Å². The molecule has 0 aliphatic heterocycles. The quantitative estimate of drug-likeness (QED) is 0.875. The topological polar surface area (TPSA) is 50.3 Å². The van der Waals surface area contributed by atoms with Crippen LogP contribution < -0.4 is 4.31 Å². The van der Waals surface area contributed by atoms with Gasteiger partial charge in [0.15, 0.2) is 0 Å². The van der Waals surface area contributed by atoms with Crippen LogP contribution in [0.25, 0.3) is 0 Å². The molecule has 0 amide bonds. The van der Waals surface area contributed by atoms with Crippen molar-refractivity contribution in [3.63, 3.8) is 0 Å². The molecule has 20 heavy (non-hydrogen) atoms. The highest BCUT2D eigenvalue weighted by Crippen LogP contribution is 2.27. The molecule has 0 saturated carbocycles. The van der Waals surface area contributed by atoms with Gasteiger partial charge in [0.2, 0.25) is 0 Å². The largest absolute Gasteiger partial charge is 0.269 e. The Balaban J connectivity index is 2.52. The van der Waals surface area contributed by atoms with E-state index < -0.39 is 10.0 Å². The highest BCUT2D eigenvalue weighted by molar-refractivity contribution is 7.93. The highest BCUT2D eigenvalue weighted by Gasteiger charge is 2.24. The second kappa shape index (κ2) is 5.42. The second-order valence-electron chi connectivity index (χ2n) is 4.62. The molecule has 0 spiro atoms. The molecule has 0 aliphatic carbocycles. The Morgan fingerprint density at radius 3 is 2.30 bits per heavy atom. The lowest BCUT2D eigenvalue weighted by Crippen LogP contribution is -2.27. The number of halogens is 1. The fraction of sp³-hybridized carbons (Fsp3) is 0.214. The van der Waals surface area contributed by atoms with Crippen molar-refractivity contribution in [3.05, 3.63) is 52.8 Å². The van der Waals surface area contributed by atoms with Gasteiger partial charge in [0.25, 0.3) is 10.0 Å². The number of benzene rings is 1. The molecule has 1 heterocycles. The molecule has 6 heteroatoms. The van der Waals surface area contributed by atoms with Gasteiger partial charge in [-0.05, 0) is 43.2 Å². The van der Waals surface area contributed by atoms with E-state index >= 15 is 0 Å². The minimum Gasteiger partial charge on any atom is -0.269 e. The van der Waals surface area contributed by atoms with Crippen molar-refractivity contribution in [2.24, 2.45) is 0 Å². The fourth-order valence-corrected chi connectivity index (χ4v) is 3.56. The number of anilines is 1. The number of hydrogen-bond acceptors (Lipinski definition) is 3. The molecule has 0 unspecified atom stereocenters. The van der Waals surface area contributed by atoms with E-state index in [4.69, 9.17) is 11.6 Å². The van der Waals surface area contributed by atoms with Crippen LogP contribution in [0.3, 0.4) is 0 Å². The van der Waals surface area contributed by atoms with E-state index in [1.807, 2.05) is 32.0 Å². The van der Waals surface area contributed by atoms with Crippen LogP contribution in [-0.4, -0.2) is 20.4 Å². The predicted molar refractivity (Wildman–Crippen MR) is 80.8 cm³/mol. The predicted octanol–water partition coefficient (Wildman–Crippen LogP) is 3.18. The SMILES string of the molecule is Cc1cc(C)cc(N(C)S(=O)(=O)c2cnccc2Cl)c1. The van der Waals surface area contributed by atoms with Crippen LogP contribution in [0.2, 0.25) is 5.02 Å². The molecule has 0 atom stereocenters. The lowest BCUT2D eigenvalue weighted by molar-refractivity contribution is 0.594. The van der Waals surface area contributed by atoms with Crippen molar-refractivity contribution < 1.29 is 8.42 Å². The third-order valence-corrected chi connectivity index (χ3v) is 5.20. The zero-order chi connectivity index (χ0) is 14.9. The van der Waals surface area contributed by atoms with Crippen LogP contribution in [0.1, 0.15) is 11.1 Å². The van der Waals surface area contributed by atoms with Gasteiger partial charge >= 0.3 is 0 Å². The van der Waals surface area contributed by atoms with E-state index in [0.29, 0.717) is 5.69 Å². The van der Waals surface area contributed by atoms with Crippen molar-refractivity contribution >= 4 is 27.3 Å². The summed E-state index contributed by atoms with van der Waals surface area (Å²) in [5, 5.41) is 0.163. The summed E-state index contributed by atoms with van der Waals surface area (Å²) in [5.74, 6) is 0. The molecule has 0 saturated heterocycles. The molecule has 4 nitrogen and oxygen atoms in total. The Bertz CT molecular complexity index is 724. The summed E-state index contributed by atoms with van der Waals surface area (Å²) in [6.07, 6.45) is 2.72. The molecule has 0 aliphatic rings. The molecular formula is C14H15ClN2O2S.